The van der Waals surface area contributed by atoms with Gasteiger partial charge in [0.1, 0.15) is 5.60 Å². The third kappa shape index (κ3) is 2.68. The predicted octanol–water partition coefficient (Wildman–Crippen LogP) is 5.90. The molecule has 3 aromatic carbocycles. The van der Waals surface area contributed by atoms with Crippen LogP contribution in [0.25, 0.3) is 0 Å². The SMILES string of the molecule is I[C@@H]1C[C@H](c2ccccc2)OC1(c1ccccc1)c1ccccc1. The van der Waals surface area contributed by atoms with Crippen LogP contribution < -0.4 is 0 Å². The van der Waals surface area contributed by atoms with Crippen molar-refractivity contribution in [2.45, 2.75) is 22.1 Å². The lowest BCUT2D eigenvalue weighted by molar-refractivity contribution is -0.0146. The van der Waals surface area contributed by atoms with E-state index in [0.717, 1.165) is 6.42 Å². The van der Waals surface area contributed by atoms with E-state index in [1.165, 1.54) is 16.7 Å². The Morgan fingerprint density at radius 3 is 1.67 bits per heavy atom. The topological polar surface area (TPSA) is 9.23 Å². The van der Waals surface area contributed by atoms with Crippen LogP contribution in [0.1, 0.15) is 29.2 Å². The van der Waals surface area contributed by atoms with Crippen molar-refractivity contribution in [3.05, 3.63) is 108 Å². The lowest BCUT2D eigenvalue weighted by Crippen LogP contribution is -2.34. The molecule has 1 saturated heterocycles. The molecular weight excluding hydrogens is 407 g/mol. The average molecular weight is 426 g/mol. The van der Waals surface area contributed by atoms with Crippen molar-refractivity contribution in [2.75, 3.05) is 0 Å². The number of hydrogen-bond acceptors (Lipinski definition) is 1. The van der Waals surface area contributed by atoms with Gasteiger partial charge >= 0.3 is 0 Å². The van der Waals surface area contributed by atoms with Gasteiger partial charge in [0, 0.05) is 0 Å². The molecule has 0 amide bonds. The van der Waals surface area contributed by atoms with Gasteiger partial charge in [-0.2, -0.15) is 0 Å². The highest BCUT2D eigenvalue weighted by atomic mass is 127. The molecule has 0 unspecified atom stereocenters. The van der Waals surface area contributed by atoms with Crippen LogP contribution in [-0.2, 0) is 10.3 Å². The summed E-state index contributed by atoms with van der Waals surface area (Å²) in [5, 5.41) is 0. The molecule has 0 bridgehead atoms. The van der Waals surface area contributed by atoms with Crippen molar-refractivity contribution in [1.29, 1.82) is 0 Å². The van der Waals surface area contributed by atoms with Gasteiger partial charge in [-0.1, -0.05) is 114 Å². The lowest BCUT2D eigenvalue weighted by atomic mass is 9.84. The summed E-state index contributed by atoms with van der Waals surface area (Å²) in [5.74, 6) is 0. The summed E-state index contributed by atoms with van der Waals surface area (Å²) in [6, 6.07) is 31.8. The van der Waals surface area contributed by atoms with Crippen molar-refractivity contribution in [2.24, 2.45) is 0 Å². The van der Waals surface area contributed by atoms with E-state index in [2.05, 4.69) is 114 Å². The third-order valence-corrected chi connectivity index (χ3v) is 6.15. The molecule has 1 heterocycles. The van der Waals surface area contributed by atoms with Gasteiger partial charge < -0.3 is 4.74 Å². The second-order valence-electron chi connectivity index (χ2n) is 6.19. The fourth-order valence-electron chi connectivity index (χ4n) is 3.61. The Morgan fingerprint density at radius 2 is 1.17 bits per heavy atom. The number of halogens is 1. The Hall–Kier alpha value is -1.65. The first-order valence-corrected chi connectivity index (χ1v) is 9.53. The molecule has 0 N–H and O–H groups in total. The Labute approximate surface area is 156 Å². The van der Waals surface area contributed by atoms with E-state index in [1.54, 1.807) is 0 Å². The van der Waals surface area contributed by atoms with Gasteiger partial charge in [0.2, 0.25) is 0 Å². The van der Waals surface area contributed by atoms with Crippen LogP contribution in [0.2, 0.25) is 0 Å². The second kappa shape index (κ2) is 6.69. The van der Waals surface area contributed by atoms with E-state index < -0.39 is 5.60 Å². The van der Waals surface area contributed by atoms with Crippen LogP contribution >= 0.6 is 22.6 Å². The van der Waals surface area contributed by atoms with Gasteiger partial charge in [0.25, 0.3) is 0 Å². The Balaban J connectivity index is 1.83. The molecule has 2 atom stereocenters. The van der Waals surface area contributed by atoms with Crippen LogP contribution in [0, 0.1) is 0 Å². The maximum Gasteiger partial charge on any atom is 0.131 e. The minimum Gasteiger partial charge on any atom is -0.356 e. The number of rotatable bonds is 3. The smallest absolute Gasteiger partial charge is 0.131 e. The standard InChI is InChI=1S/C22H19IO/c23-21-16-20(17-10-4-1-5-11-17)24-22(21,18-12-6-2-7-13-18)19-14-8-3-9-15-19/h1-15,20-21H,16H2/t20-,21-/m1/s1. The molecule has 0 aromatic heterocycles. The summed E-state index contributed by atoms with van der Waals surface area (Å²) < 4.78 is 7.18. The van der Waals surface area contributed by atoms with Crippen LogP contribution in [0.15, 0.2) is 91.0 Å². The molecule has 120 valence electrons. The zero-order valence-corrected chi connectivity index (χ0v) is 15.5. The Morgan fingerprint density at radius 1 is 0.708 bits per heavy atom. The molecule has 1 nitrogen and oxygen atoms in total. The Bertz CT molecular complexity index is 746. The van der Waals surface area contributed by atoms with Gasteiger partial charge in [0.15, 0.2) is 0 Å². The third-order valence-electron chi connectivity index (χ3n) is 4.77. The molecule has 4 rings (SSSR count). The van der Waals surface area contributed by atoms with Crippen molar-refractivity contribution in [3.8, 4) is 0 Å². The molecule has 2 heteroatoms. The molecule has 0 saturated carbocycles. The van der Waals surface area contributed by atoms with Crippen LogP contribution in [0.5, 0.6) is 0 Å². The minimum absolute atomic E-state index is 0.119. The van der Waals surface area contributed by atoms with E-state index in [0.29, 0.717) is 3.92 Å². The molecule has 1 aliphatic heterocycles. The fraction of sp³-hybridized carbons (Fsp3) is 0.182. The van der Waals surface area contributed by atoms with Gasteiger partial charge in [-0.3, -0.25) is 0 Å². The van der Waals surface area contributed by atoms with E-state index in [-0.39, 0.29) is 6.10 Å². The largest absolute Gasteiger partial charge is 0.356 e. The van der Waals surface area contributed by atoms with Crippen molar-refractivity contribution >= 4 is 22.6 Å². The van der Waals surface area contributed by atoms with E-state index in [9.17, 15) is 0 Å². The summed E-state index contributed by atoms with van der Waals surface area (Å²) in [4.78, 5) is 0. The van der Waals surface area contributed by atoms with E-state index >= 15 is 0 Å². The molecule has 0 radical (unpaired) electrons. The van der Waals surface area contributed by atoms with Gasteiger partial charge in [-0.25, -0.2) is 0 Å². The lowest BCUT2D eigenvalue weighted by Gasteiger charge is -2.33. The zero-order valence-electron chi connectivity index (χ0n) is 13.3. The van der Waals surface area contributed by atoms with Crippen molar-refractivity contribution in [1.82, 2.24) is 0 Å². The van der Waals surface area contributed by atoms with Gasteiger partial charge in [-0.15, -0.1) is 0 Å². The summed E-state index contributed by atoms with van der Waals surface area (Å²) in [5.41, 5.74) is 3.32. The highest BCUT2D eigenvalue weighted by Gasteiger charge is 2.50. The number of benzene rings is 3. The Kier molecular flexibility index (Phi) is 4.42. The van der Waals surface area contributed by atoms with E-state index in [1.807, 2.05) is 0 Å². The fourth-order valence-corrected chi connectivity index (χ4v) is 4.94. The van der Waals surface area contributed by atoms with Crippen molar-refractivity contribution < 1.29 is 4.74 Å². The normalized spacial score (nSPS) is 22.4. The summed E-state index contributed by atoms with van der Waals surface area (Å²) in [7, 11) is 0. The van der Waals surface area contributed by atoms with Crippen molar-refractivity contribution in [3.63, 3.8) is 0 Å². The number of ether oxygens (including phenoxy) is 1. The van der Waals surface area contributed by atoms with Crippen LogP contribution in [-0.4, -0.2) is 3.92 Å². The predicted molar refractivity (Wildman–Crippen MR) is 106 cm³/mol. The molecular formula is C22H19IO. The first-order valence-electron chi connectivity index (χ1n) is 8.28. The first kappa shape index (κ1) is 15.9. The molecule has 1 fully saturated rings. The molecule has 1 aliphatic rings. The maximum atomic E-state index is 6.81. The molecule has 3 aromatic rings. The number of hydrogen-bond donors (Lipinski definition) is 0. The second-order valence-corrected chi connectivity index (χ2v) is 7.69. The molecule has 0 spiro atoms. The monoisotopic (exact) mass is 426 g/mol. The summed E-state index contributed by atoms with van der Waals surface area (Å²) in [6.07, 6.45) is 1.13. The number of alkyl halides is 1. The average Bonchev–Trinajstić information content (AvgIpc) is 3.02. The van der Waals surface area contributed by atoms with Gasteiger partial charge in [0.05, 0.1) is 10.0 Å². The minimum atomic E-state index is -0.399. The molecule has 24 heavy (non-hydrogen) atoms. The quantitative estimate of drug-likeness (QED) is 0.375. The molecule has 0 aliphatic carbocycles. The zero-order chi connectivity index (χ0) is 16.4. The summed E-state index contributed by atoms with van der Waals surface area (Å²) in [6.45, 7) is 0. The first-order chi connectivity index (χ1) is 11.8. The maximum absolute atomic E-state index is 6.81. The highest BCUT2D eigenvalue weighted by Crippen LogP contribution is 2.52. The summed E-state index contributed by atoms with van der Waals surface area (Å²) >= 11 is 2.57. The van der Waals surface area contributed by atoms with Gasteiger partial charge in [-0.05, 0) is 23.1 Å². The van der Waals surface area contributed by atoms with Crippen LogP contribution in [0.4, 0.5) is 0 Å². The highest BCUT2D eigenvalue weighted by molar-refractivity contribution is 14.1. The van der Waals surface area contributed by atoms with E-state index in [4.69, 9.17) is 4.74 Å². The van der Waals surface area contributed by atoms with Crippen LogP contribution in [0.3, 0.4) is 0 Å².